The fourth-order valence-corrected chi connectivity index (χ4v) is 4.48. The quantitative estimate of drug-likeness (QED) is 0.695. The first-order chi connectivity index (χ1) is 10.0. The second-order valence-corrected chi connectivity index (χ2v) is 7.23. The Morgan fingerprint density at radius 3 is 2.38 bits per heavy atom. The van der Waals surface area contributed by atoms with E-state index >= 15 is 0 Å². The van der Waals surface area contributed by atoms with Gasteiger partial charge in [0, 0.05) is 0 Å². The van der Waals surface area contributed by atoms with E-state index < -0.39 is 10.0 Å². The molecule has 0 amide bonds. The Morgan fingerprint density at radius 2 is 1.71 bits per heavy atom. The van der Waals surface area contributed by atoms with Crippen LogP contribution in [0.4, 0.5) is 0 Å². The molecule has 1 aromatic heterocycles. The van der Waals surface area contributed by atoms with Crippen LogP contribution >= 0.6 is 11.8 Å². The van der Waals surface area contributed by atoms with Crippen LogP contribution in [0.3, 0.4) is 0 Å². The molecule has 1 heterocycles. The highest BCUT2D eigenvalue weighted by molar-refractivity contribution is 7.99. The molecule has 0 aliphatic carbocycles. The molecule has 0 N–H and O–H groups in total. The Morgan fingerprint density at radius 1 is 1.05 bits per heavy atom. The summed E-state index contributed by atoms with van der Waals surface area (Å²) >= 11 is 1.32. The summed E-state index contributed by atoms with van der Waals surface area (Å²) in [4.78, 5) is 4.66. The minimum atomic E-state index is -3.65. The lowest BCUT2D eigenvalue weighted by atomic mass is 10.2. The predicted molar refractivity (Wildman–Crippen MR) is 85.3 cm³/mol. The number of aromatic nitrogens is 2. The molecule has 6 heteroatoms. The van der Waals surface area contributed by atoms with Gasteiger partial charge in [-0.1, -0.05) is 41.6 Å². The van der Waals surface area contributed by atoms with Gasteiger partial charge in [0.15, 0.2) is 5.16 Å². The number of hydrogen-bond acceptors (Lipinski definition) is 4. The molecule has 0 fully saturated rings. The van der Waals surface area contributed by atoms with Crippen LogP contribution in [0.1, 0.15) is 5.56 Å². The van der Waals surface area contributed by atoms with Crippen molar-refractivity contribution in [3.05, 3.63) is 54.1 Å². The van der Waals surface area contributed by atoms with Crippen LogP contribution in [0.2, 0.25) is 0 Å². The molecule has 0 unspecified atom stereocenters. The fraction of sp³-hybridized carbons (Fsp3) is 0.133. The molecule has 2 aromatic carbocycles. The second kappa shape index (κ2) is 5.20. The van der Waals surface area contributed by atoms with Crippen molar-refractivity contribution in [1.82, 2.24) is 8.96 Å². The van der Waals surface area contributed by atoms with Gasteiger partial charge in [-0.3, -0.25) is 0 Å². The third-order valence-corrected chi connectivity index (χ3v) is 5.70. The zero-order valence-corrected chi connectivity index (χ0v) is 13.3. The fourth-order valence-electron chi connectivity index (χ4n) is 2.16. The summed E-state index contributed by atoms with van der Waals surface area (Å²) in [7, 11) is -3.65. The van der Waals surface area contributed by atoms with Gasteiger partial charge in [0.25, 0.3) is 10.0 Å². The molecule has 4 nitrogen and oxygen atoms in total. The normalized spacial score (nSPS) is 11.9. The van der Waals surface area contributed by atoms with Crippen molar-refractivity contribution >= 4 is 32.8 Å². The summed E-state index contributed by atoms with van der Waals surface area (Å²) in [5.74, 6) is 0. The van der Waals surface area contributed by atoms with Crippen molar-refractivity contribution < 1.29 is 8.42 Å². The monoisotopic (exact) mass is 318 g/mol. The van der Waals surface area contributed by atoms with Crippen LogP contribution in [0.25, 0.3) is 11.0 Å². The molecular formula is C15H14N2O2S2. The highest BCUT2D eigenvalue weighted by atomic mass is 32.2. The largest absolute Gasteiger partial charge is 0.270 e. The highest BCUT2D eigenvalue weighted by Gasteiger charge is 2.23. The maximum atomic E-state index is 12.9. The van der Waals surface area contributed by atoms with Crippen LogP contribution in [0.5, 0.6) is 0 Å². The number of imidazole rings is 1. The molecule has 0 spiro atoms. The Labute approximate surface area is 127 Å². The third-order valence-electron chi connectivity index (χ3n) is 3.23. The standard InChI is InChI=1S/C15H14N2O2S2/c1-11-7-9-12(10-8-11)21(18,19)17-14-6-4-3-5-13(14)16-15(17)20-2/h3-10H,1-2H3. The predicted octanol–water partition coefficient (Wildman–Crippen LogP) is 3.30. The van der Waals surface area contributed by atoms with Crippen molar-refractivity contribution in [2.75, 3.05) is 6.26 Å². The molecule has 0 aliphatic rings. The summed E-state index contributed by atoms with van der Waals surface area (Å²) in [5, 5.41) is 0.469. The average molecular weight is 318 g/mol. The molecule has 0 bridgehead atoms. The third kappa shape index (κ3) is 2.34. The maximum Gasteiger partial charge on any atom is 0.270 e. The van der Waals surface area contributed by atoms with E-state index in [9.17, 15) is 8.42 Å². The van der Waals surface area contributed by atoms with Gasteiger partial charge in [0.05, 0.1) is 15.9 Å². The Kier molecular flexibility index (Phi) is 3.51. The molecule has 0 radical (unpaired) electrons. The average Bonchev–Trinajstić information content (AvgIpc) is 2.87. The lowest BCUT2D eigenvalue weighted by molar-refractivity contribution is 0.584. The van der Waals surface area contributed by atoms with Crippen molar-refractivity contribution in [3.63, 3.8) is 0 Å². The van der Waals surface area contributed by atoms with E-state index in [0.717, 1.165) is 5.56 Å². The van der Waals surface area contributed by atoms with Gasteiger partial charge >= 0.3 is 0 Å². The summed E-state index contributed by atoms with van der Waals surface area (Å²) in [6, 6.07) is 14.1. The van der Waals surface area contributed by atoms with Gasteiger partial charge in [-0.25, -0.2) is 17.4 Å². The van der Waals surface area contributed by atoms with Gasteiger partial charge in [-0.2, -0.15) is 0 Å². The van der Waals surface area contributed by atoms with Crippen molar-refractivity contribution in [2.24, 2.45) is 0 Å². The van der Waals surface area contributed by atoms with Gasteiger partial charge in [-0.15, -0.1) is 0 Å². The molecule has 0 saturated carbocycles. The first kappa shape index (κ1) is 14.2. The van der Waals surface area contributed by atoms with Crippen LogP contribution < -0.4 is 0 Å². The molecule has 0 saturated heterocycles. The zero-order chi connectivity index (χ0) is 15.0. The van der Waals surface area contributed by atoms with Crippen molar-refractivity contribution in [3.8, 4) is 0 Å². The molecule has 0 aliphatic heterocycles. The molecule has 108 valence electrons. The summed E-state index contributed by atoms with van der Waals surface area (Å²) < 4.78 is 27.1. The Balaban J connectivity index is 2.30. The van der Waals surface area contributed by atoms with E-state index in [1.54, 1.807) is 30.3 Å². The van der Waals surface area contributed by atoms with Gasteiger partial charge in [0.1, 0.15) is 0 Å². The topological polar surface area (TPSA) is 52.0 Å². The minimum Gasteiger partial charge on any atom is -0.222 e. The first-order valence-electron chi connectivity index (χ1n) is 6.38. The van der Waals surface area contributed by atoms with E-state index in [-0.39, 0.29) is 4.90 Å². The van der Waals surface area contributed by atoms with Crippen LogP contribution in [-0.4, -0.2) is 23.6 Å². The van der Waals surface area contributed by atoms with E-state index in [4.69, 9.17) is 0 Å². The Hall–Kier alpha value is -1.79. The van der Waals surface area contributed by atoms with Gasteiger partial charge in [0.2, 0.25) is 0 Å². The number of benzene rings is 2. The number of para-hydroxylation sites is 2. The van der Waals surface area contributed by atoms with Crippen LogP contribution in [-0.2, 0) is 10.0 Å². The number of aryl methyl sites for hydroxylation is 1. The van der Waals surface area contributed by atoms with Gasteiger partial charge < -0.3 is 0 Å². The van der Waals surface area contributed by atoms with Crippen LogP contribution in [0, 0.1) is 6.92 Å². The smallest absolute Gasteiger partial charge is 0.222 e. The summed E-state index contributed by atoms with van der Waals surface area (Å²) in [6.07, 6.45) is 1.82. The minimum absolute atomic E-state index is 0.270. The zero-order valence-electron chi connectivity index (χ0n) is 11.6. The molecule has 3 aromatic rings. The SMILES string of the molecule is CSc1nc2ccccc2n1S(=O)(=O)c1ccc(C)cc1. The number of nitrogens with zero attached hydrogens (tertiary/aromatic N) is 2. The lowest BCUT2D eigenvalue weighted by Crippen LogP contribution is -2.14. The Bertz CT molecular complexity index is 897. The van der Waals surface area contributed by atoms with E-state index in [1.807, 2.05) is 31.4 Å². The van der Waals surface area contributed by atoms with Crippen molar-refractivity contribution in [1.29, 1.82) is 0 Å². The van der Waals surface area contributed by atoms with Gasteiger partial charge in [-0.05, 0) is 37.4 Å². The van der Waals surface area contributed by atoms with E-state index in [0.29, 0.717) is 16.2 Å². The summed E-state index contributed by atoms with van der Waals surface area (Å²) in [6.45, 7) is 1.93. The van der Waals surface area contributed by atoms with Crippen molar-refractivity contribution in [2.45, 2.75) is 17.0 Å². The second-order valence-electron chi connectivity index (χ2n) is 4.67. The van der Waals surface area contributed by atoms with Crippen LogP contribution in [0.15, 0.2) is 58.6 Å². The molecule has 0 atom stereocenters. The maximum absolute atomic E-state index is 12.9. The molecular weight excluding hydrogens is 304 g/mol. The van der Waals surface area contributed by atoms with E-state index in [2.05, 4.69) is 4.98 Å². The molecule has 21 heavy (non-hydrogen) atoms. The number of thioether (sulfide) groups is 1. The lowest BCUT2D eigenvalue weighted by Gasteiger charge is -2.09. The summed E-state index contributed by atoms with van der Waals surface area (Å²) in [5.41, 5.74) is 2.30. The van der Waals surface area contributed by atoms with E-state index in [1.165, 1.54) is 15.7 Å². The number of hydrogen-bond donors (Lipinski definition) is 0. The highest BCUT2D eigenvalue weighted by Crippen LogP contribution is 2.27. The first-order valence-corrected chi connectivity index (χ1v) is 9.04. The number of fused-ring (bicyclic) bond motifs is 1. The molecule has 3 rings (SSSR count). The number of rotatable bonds is 3.